The molecule has 9 heteroatoms. The van der Waals surface area contributed by atoms with Gasteiger partial charge < -0.3 is 24.3 Å². The van der Waals surface area contributed by atoms with Gasteiger partial charge >= 0.3 is 5.97 Å². The molecule has 2 aromatic rings. The first-order chi connectivity index (χ1) is 16.7. The van der Waals surface area contributed by atoms with Crippen LogP contribution in [0.1, 0.15) is 79.4 Å². The summed E-state index contributed by atoms with van der Waals surface area (Å²) < 4.78 is 12.1. The maximum absolute atomic E-state index is 13.8. The fourth-order valence-electron chi connectivity index (χ4n) is 4.90. The summed E-state index contributed by atoms with van der Waals surface area (Å²) in [4.78, 5) is 45.4. The molecule has 0 radical (unpaired) electrons. The minimum Gasteiger partial charge on any atom is -0.491 e. The Morgan fingerprint density at radius 2 is 1.86 bits per heavy atom. The summed E-state index contributed by atoms with van der Waals surface area (Å²) in [5, 5.41) is 3.19. The van der Waals surface area contributed by atoms with Crippen LogP contribution in [0.25, 0.3) is 0 Å². The van der Waals surface area contributed by atoms with Crippen molar-refractivity contribution < 1.29 is 23.9 Å². The van der Waals surface area contributed by atoms with E-state index in [1.807, 2.05) is 38.1 Å². The number of hydrogen-bond acceptors (Lipinski definition) is 6. The van der Waals surface area contributed by atoms with E-state index in [1.54, 1.807) is 16.4 Å². The molecule has 1 aromatic heterocycles. The number of benzene rings is 1. The molecule has 4 rings (SSSR count). The van der Waals surface area contributed by atoms with E-state index in [9.17, 15) is 14.4 Å². The van der Waals surface area contributed by atoms with Gasteiger partial charge in [-0.2, -0.15) is 0 Å². The summed E-state index contributed by atoms with van der Waals surface area (Å²) in [5.41, 5.74) is -0.223. The summed E-state index contributed by atoms with van der Waals surface area (Å²) in [5.74, 6) is -0.579. The van der Waals surface area contributed by atoms with Gasteiger partial charge in [-0.25, -0.2) is 9.78 Å². The highest BCUT2D eigenvalue weighted by Gasteiger charge is 2.49. The monoisotopic (exact) mass is 482 g/mol. The van der Waals surface area contributed by atoms with E-state index >= 15 is 0 Å². The third-order valence-electron chi connectivity index (χ3n) is 6.80. The Labute approximate surface area is 205 Å². The highest BCUT2D eigenvalue weighted by atomic mass is 16.5. The van der Waals surface area contributed by atoms with Crippen LogP contribution >= 0.6 is 0 Å². The highest BCUT2D eigenvalue weighted by Crippen LogP contribution is 2.32. The van der Waals surface area contributed by atoms with Crippen LogP contribution in [0.15, 0.2) is 30.6 Å². The molecule has 0 spiro atoms. The Bertz CT molecular complexity index is 1090. The molecule has 0 bridgehead atoms. The fourth-order valence-corrected chi connectivity index (χ4v) is 4.90. The van der Waals surface area contributed by atoms with Gasteiger partial charge in [0.25, 0.3) is 5.91 Å². The van der Waals surface area contributed by atoms with E-state index in [2.05, 4.69) is 10.3 Å². The lowest BCUT2D eigenvalue weighted by atomic mass is 9.91. The lowest BCUT2D eigenvalue weighted by Gasteiger charge is -2.44. The van der Waals surface area contributed by atoms with Crippen molar-refractivity contribution in [3.8, 4) is 5.75 Å². The Hall–Kier alpha value is -3.36. The molecule has 35 heavy (non-hydrogen) atoms. The zero-order valence-corrected chi connectivity index (χ0v) is 20.9. The van der Waals surface area contributed by atoms with Crippen LogP contribution in [0.5, 0.6) is 5.75 Å². The summed E-state index contributed by atoms with van der Waals surface area (Å²) in [6.07, 6.45) is 6.71. The third-order valence-corrected chi connectivity index (χ3v) is 6.80. The van der Waals surface area contributed by atoms with Crippen LogP contribution in [0.3, 0.4) is 0 Å². The first-order valence-corrected chi connectivity index (χ1v) is 12.2. The quantitative estimate of drug-likeness (QED) is 0.608. The number of esters is 1. The molecule has 188 valence electrons. The van der Waals surface area contributed by atoms with Crippen LogP contribution in [0.4, 0.5) is 0 Å². The number of ether oxygens (including phenoxy) is 2. The Balaban J connectivity index is 1.67. The minimum absolute atomic E-state index is 0.0436. The van der Waals surface area contributed by atoms with Gasteiger partial charge in [-0.3, -0.25) is 9.59 Å². The van der Waals surface area contributed by atoms with Gasteiger partial charge in [0, 0.05) is 12.6 Å². The first kappa shape index (κ1) is 24.8. The molecule has 2 amide bonds. The summed E-state index contributed by atoms with van der Waals surface area (Å²) >= 11 is 0. The standard InChI is InChI=1S/C26H34N4O5/c1-17(2)35-20-12-10-18(11-13-20)14-30-23(31)22-21(24(32)34-4)27-16-29(22)15-26(30,3)25(33)28-19-8-6-5-7-9-19/h10-13,16-17,19H,5-9,14-15H2,1-4H3,(H,28,33)/t26-/m0/s1. The summed E-state index contributed by atoms with van der Waals surface area (Å²) in [6.45, 7) is 6.07. The number of aromatic nitrogens is 2. The minimum atomic E-state index is -1.16. The van der Waals surface area contributed by atoms with Crippen molar-refractivity contribution in [3.63, 3.8) is 0 Å². The van der Waals surface area contributed by atoms with Crippen LogP contribution in [-0.4, -0.2) is 57.0 Å². The number of imidazole rings is 1. The number of nitrogens with zero attached hydrogens (tertiary/aromatic N) is 3. The number of amides is 2. The number of carbonyl (C=O) groups is 3. The summed E-state index contributed by atoms with van der Waals surface area (Å²) in [7, 11) is 1.25. The van der Waals surface area contributed by atoms with Crippen molar-refractivity contribution in [3.05, 3.63) is 47.5 Å². The Kier molecular flexibility index (Phi) is 7.14. The number of carbonyl (C=O) groups excluding carboxylic acids is 3. The number of methoxy groups -OCH3 is 1. The van der Waals surface area contributed by atoms with Crippen molar-refractivity contribution in [1.82, 2.24) is 19.8 Å². The molecule has 2 aliphatic rings. The van der Waals surface area contributed by atoms with Crippen LogP contribution in [0.2, 0.25) is 0 Å². The molecule has 1 fully saturated rings. The second-order valence-electron chi connectivity index (χ2n) is 9.85. The predicted molar refractivity (Wildman–Crippen MR) is 129 cm³/mol. The van der Waals surface area contributed by atoms with E-state index in [0.29, 0.717) is 0 Å². The lowest BCUT2D eigenvalue weighted by molar-refractivity contribution is -0.134. The van der Waals surface area contributed by atoms with E-state index < -0.39 is 17.4 Å². The van der Waals surface area contributed by atoms with Gasteiger partial charge in [0.15, 0.2) is 5.69 Å². The molecule has 1 N–H and O–H groups in total. The molecule has 9 nitrogen and oxygen atoms in total. The van der Waals surface area contributed by atoms with Crippen LogP contribution in [-0.2, 0) is 22.6 Å². The predicted octanol–water partition coefficient (Wildman–Crippen LogP) is 3.32. The van der Waals surface area contributed by atoms with E-state index in [4.69, 9.17) is 9.47 Å². The van der Waals surface area contributed by atoms with E-state index in [0.717, 1.165) is 37.0 Å². The summed E-state index contributed by atoms with van der Waals surface area (Å²) in [6, 6.07) is 7.59. The maximum atomic E-state index is 13.8. The highest BCUT2D eigenvalue weighted by molar-refractivity contribution is 6.06. The van der Waals surface area contributed by atoms with Crippen molar-refractivity contribution in [2.45, 2.75) is 83.6 Å². The number of rotatable bonds is 7. The first-order valence-electron chi connectivity index (χ1n) is 12.2. The van der Waals surface area contributed by atoms with Gasteiger partial charge in [0.2, 0.25) is 5.91 Å². The number of fused-ring (bicyclic) bond motifs is 1. The zero-order valence-electron chi connectivity index (χ0n) is 20.9. The second-order valence-corrected chi connectivity index (χ2v) is 9.85. The largest absolute Gasteiger partial charge is 0.491 e. The Morgan fingerprint density at radius 1 is 1.17 bits per heavy atom. The molecule has 1 atom stereocenters. The van der Waals surface area contributed by atoms with Crippen LogP contribution in [0, 0.1) is 0 Å². The average Bonchev–Trinajstić information content (AvgIpc) is 3.26. The Morgan fingerprint density at radius 3 is 2.49 bits per heavy atom. The van der Waals surface area contributed by atoms with Crippen LogP contribution < -0.4 is 10.1 Å². The van der Waals surface area contributed by atoms with Gasteiger partial charge in [-0.1, -0.05) is 31.4 Å². The van der Waals surface area contributed by atoms with Gasteiger partial charge in [-0.15, -0.1) is 0 Å². The van der Waals surface area contributed by atoms with Crippen molar-refractivity contribution in [1.29, 1.82) is 0 Å². The third kappa shape index (κ3) is 5.04. The maximum Gasteiger partial charge on any atom is 0.359 e. The fraction of sp³-hybridized carbons (Fsp3) is 0.538. The SMILES string of the molecule is COC(=O)c1ncn2c1C(=O)N(Cc1ccc(OC(C)C)cc1)[C@](C)(C(=O)NC1CCCCC1)C2. The molecular formula is C26H34N4O5. The van der Waals surface area contributed by atoms with Crippen molar-refractivity contribution in [2.24, 2.45) is 0 Å². The molecule has 1 aliphatic carbocycles. The second kappa shape index (κ2) is 10.1. The van der Waals surface area contributed by atoms with Gasteiger partial charge in [-0.05, 0) is 51.3 Å². The average molecular weight is 483 g/mol. The lowest BCUT2D eigenvalue weighted by Crippen LogP contribution is -2.64. The van der Waals surface area contributed by atoms with Gasteiger partial charge in [0.05, 0.1) is 26.1 Å². The molecule has 0 saturated heterocycles. The van der Waals surface area contributed by atoms with E-state index in [1.165, 1.54) is 19.9 Å². The number of hydrogen-bond donors (Lipinski definition) is 1. The molecule has 1 saturated carbocycles. The molecule has 1 aliphatic heterocycles. The number of nitrogens with one attached hydrogen (secondary N) is 1. The smallest absolute Gasteiger partial charge is 0.359 e. The van der Waals surface area contributed by atoms with Crippen molar-refractivity contribution in [2.75, 3.05) is 7.11 Å². The normalized spacial score (nSPS) is 20.5. The molecule has 2 heterocycles. The molecular weight excluding hydrogens is 448 g/mol. The van der Waals surface area contributed by atoms with E-state index in [-0.39, 0.29) is 42.5 Å². The van der Waals surface area contributed by atoms with Crippen molar-refractivity contribution >= 4 is 17.8 Å². The topological polar surface area (TPSA) is 103 Å². The zero-order chi connectivity index (χ0) is 25.2. The molecule has 1 aromatic carbocycles. The van der Waals surface area contributed by atoms with Gasteiger partial charge in [0.1, 0.15) is 17.0 Å². The molecule has 0 unspecified atom stereocenters.